The highest BCUT2D eigenvalue weighted by Crippen LogP contribution is 2.07. The lowest BCUT2D eigenvalue weighted by Gasteiger charge is -2.04. The maximum Gasteiger partial charge on any atom is 0.234 e. The summed E-state index contributed by atoms with van der Waals surface area (Å²) in [7, 11) is 0. The molecule has 0 saturated carbocycles. The van der Waals surface area contributed by atoms with E-state index in [1.54, 1.807) is 13.0 Å². The highest BCUT2D eigenvalue weighted by Gasteiger charge is 2.02. The molecule has 0 aliphatic carbocycles. The molecule has 4 heteroatoms. The Kier molecular flexibility index (Phi) is 10.7. The van der Waals surface area contributed by atoms with Crippen LogP contribution in [-0.4, -0.2) is 11.7 Å². The Hall–Kier alpha value is -0.670. The Bertz CT molecular complexity index is 214. The standard InChI is InChI=1S/C7H10ClNOS.C2H4/c1-3-6(5(2)8)9-7(10)4-11;1-2/h3,11H,2,4H2,1H3,(H,9,10);1-2H2/b6-3+;. The molecule has 0 aromatic heterocycles. The molecule has 2 nitrogen and oxygen atoms in total. The predicted molar refractivity (Wildman–Crippen MR) is 62.0 cm³/mol. The van der Waals surface area contributed by atoms with E-state index in [4.69, 9.17) is 11.6 Å². The van der Waals surface area contributed by atoms with E-state index in [-0.39, 0.29) is 11.7 Å². The molecule has 0 bridgehead atoms. The number of hydrogen-bond acceptors (Lipinski definition) is 2. The maximum atomic E-state index is 10.8. The van der Waals surface area contributed by atoms with Crippen molar-refractivity contribution >= 4 is 30.1 Å². The van der Waals surface area contributed by atoms with Crippen molar-refractivity contribution in [2.24, 2.45) is 0 Å². The minimum atomic E-state index is -0.191. The van der Waals surface area contributed by atoms with E-state index in [1.165, 1.54) is 0 Å². The quantitative estimate of drug-likeness (QED) is 0.426. The number of rotatable bonds is 3. The first-order valence-electron chi connectivity index (χ1n) is 3.53. The Morgan fingerprint density at radius 1 is 1.62 bits per heavy atom. The predicted octanol–water partition coefficient (Wildman–Crippen LogP) is 2.49. The highest BCUT2D eigenvalue weighted by atomic mass is 35.5. The summed E-state index contributed by atoms with van der Waals surface area (Å²) in [4.78, 5) is 10.8. The van der Waals surface area contributed by atoms with Crippen molar-refractivity contribution < 1.29 is 4.79 Å². The van der Waals surface area contributed by atoms with Crippen molar-refractivity contribution in [2.75, 3.05) is 5.75 Å². The second kappa shape index (κ2) is 9.42. The molecule has 0 fully saturated rings. The summed E-state index contributed by atoms with van der Waals surface area (Å²) in [5.74, 6) is -0.0511. The number of amides is 1. The van der Waals surface area contributed by atoms with E-state index in [9.17, 15) is 4.79 Å². The topological polar surface area (TPSA) is 29.1 Å². The van der Waals surface area contributed by atoms with Crippen LogP contribution in [-0.2, 0) is 4.79 Å². The van der Waals surface area contributed by atoms with Gasteiger partial charge in [-0.25, -0.2) is 0 Å². The number of halogens is 1. The minimum Gasteiger partial charge on any atom is -0.324 e. The van der Waals surface area contributed by atoms with Crippen molar-refractivity contribution in [3.63, 3.8) is 0 Å². The van der Waals surface area contributed by atoms with Gasteiger partial charge in [-0.15, -0.1) is 13.2 Å². The van der Waals surface area contributed by atoms with Gasteiger partial charge in [0, 0.05) is 0 Å². The number of hydrogen-bond donors (Lipinski definition) is 2. The van der Waals surface area contributed by atoms with Gasteiger partial charge in [0.1, 0.15) is 0 Å². The van der Waals surface area contributed by atoms with Crippen LogP contribution in [0.15, 0.2) is 36.5 Å². The Balaban J connectivity index is 0. The SMILES string of the molecule is C=C.C=C(Cl)/C(=C\C)NC(=O)CS. The Labute approximate surface area is 89.8 Å². The van der Waals surface area contributed by atoms with Gasteiger partial charge in [0.05, 0.1) is 16.5 Å². The zero-order valence-electron chi connectivity index (χ0n) is 7.64. The first kappa shape index (κ1) is 14.8. The molecule has 0 unspecified atom stereocenters. The van der Waals surface area contributed by atoms with Gasteiger partial charge in [-0.3, -0.25) is 4.79 Å². The van der Waals surface area contributed by atoms with Crippen LogP contribution in [0.5, 0.6) is 0 Å². The van der Waals surface area contributed by atoms with Crippen LogP contribution in [0.4, 0.5) is 0 Å². The van der Waals surface area contributed by atoms with Crippen LogP contribution in [0.3, 0.4) is 0 Å². The van der Waals surface area contributed by atoms with E-state index in [2.05, 4.69) is 37.7 Å². The van der Waals surface area contributed by atoms with Crippen molar-refractivity contribution in [1.82, 2.24) is 5.32 Å². The first-order valence-corrected chi connectivity index (χ1v) is 4.54. The summed E-state index contributed by atoms with van der Waals surface area (Å²) in [6, 6.07) is 0. The van der Waals surface area contributed by atoms with E-state index in [0.29, 0.717) is 10.7 Å². The van der Waals surface area contributed by atoms with Gasteiger partial charge in [-0.1, -0.05) is 24.3 Å². The molecular weight excluding hydrogens is 206 g/mol. The number of carbonyl (C=O) groups excluding carboxylic acids is 1. The van der Waals surface area contributed by atoms with Crippen LogP contribution in [0, 0.1) is 0 Å². The number of thiol groups is 1. The van der Waals surface area contributed by atoms with Crippen LogP contribution in [0.25, 0.3) is 0 Å². The normalized spacial score (nSPS) is 9.62. The Morgan fingerprint density at radius 2 is 2.08 bits per heavy atom. The summed E-state index contributed by atoms with van der Waals surface area (Å²) < 4.78 is 0. The van der Waals surface area contributed by atoms with Crippen molar-refractivity contribution in [3.8, 4) is 0 Å². The third-order valence-corrected chi connectivity index (χ3v) is 1.49. The van der Waals surface area contributed by atoms with E-state index in [0.717, 1.165) is 0 Å². The monoisotopic (exact) mass is 219 g/mol. The lowest BCUT2D eigenvalue weighted by Crippen LogP contribution is -2.23. The van der Waals surface area contributed by atoms with Crippen LogP contribution < -0.4 is 5.32 Å². The minimum absolute atomic E-state index is 0.140. The van der Waals surface area contributed by atoms with Gasteiger partial charge in [0.25, 0.3) is 0 Å². The zero-order valence-corrected chi connectivity index (χ0v) is 9.29. The molecule has 0 aliphatic rings. The molecule has 0 aromatic carbocycles. The first-order chi connectivity index (χ1) is 6.11. The molecule has 0 atom stereocenters. The van der Waals surface area contributed by atoms with Gasteiger partial charge < -0.3 is 5.32 Å². The molecule has 0 radical (unpaired) electrons. The van der Waals surface area contributed by atoms with E-state index in [1.807, 2.05) is 0 Å². The van der Waals surface area contributed by atoms with Gasteiger partial charge in [-0.2, -0.15) is 12.6 Å². The number of carbonyl (C=O) groups is 1. The van der Waals surface area contributed by atoms with Crippen molar-refractivity contribution in [1.29, 1.82) is 0 Å². The van der Waals surface area contributed by atoms with Crippen molar-refractivity contribution in [3.05, 3.63) is 36.5 Å². The fourth-order valence-electron chi connectivity index (χ4n) is 0.486. The van der Waals surface area contributed by atoms with Crippen molar-refractivity contribution in [2.45, 2.75) is 6.92 Å². The molecular formula is C9H14ClNOS. The van der Waals surface area contributed by atoms with Gasteiger partial charge in [0.15, 0.2) is 0 Å². The largest absolute Gasteiger partial charge is 0.324 e. The van der Waals surface area contributed by atoms with Gasteiger partial charge in [-0.05, 0) is 6.92 Å². The average Bonchev–Trinajstić information content (AvgIpc) is 2.16. The summed E-state index contributed by atoms with van der Waals surface area (Å²) in [5, 5.41) is 2.85. The fourth-order valence-corrected chi connectivity index (χ4v) is 0.722. The summed E-state index contributed by atoms with van der Waals surface area (Å²) in [6.45, 7) is 11.2. The summed E-state index contributed by atoms with van der Waals surface area (Å²) >= 11 is 9.33. The lowest BCUT2D eigenvalue weighted by molar-refractivity contribution is -0.117. The maximum absolute atomic E-state index is 10.8. The average molecular weight is 220 g/mol. The smallest absolute Gasteiger partial charge is 0.234 e. The third kappa shape index (κ3) is 7.68. The second-order valence-electron chi connectivity index (χ2n) is 1.81. The molecule has 0 spiro atoms. The lowest BCUT2D eigenvalue weighted by atomic mass is 10.4. The molecule has 0 saturated heterocycles. The molecule has 1 amide bonds. The zero-order chi connectivity index (χ0) is 10.9. The van der Waals surface area contributed by atoms with E-state index < -0.39 is 0 Å². The molecule has 0 rings (SSSR count). The summed E-state index contributed by atoms with van der Waals surface area (Å²) in [5.41, 5.74) is 0.533. The molecule has 0 aromatic rings. The van der Waals surface area contributed by atoms with Crippen LogP contribution in [0.2, 0.25) is 0 Å². The van der Waals surface area contributed by atoms with Gasteiger partial charge in [0.2, 0.25) is 5.91 Å². The highest BCUT2D eigenvalue weighted by molar-refractivity contribution is 7.81. The van der Waals surface area contributed by atoms with Crippen LogP contribution in [0.1, 0.15) is 6.92 Å². The third-order valence-electron chi connectivity index (χ3n) is 0.999. The molecule has 13 heavy (non-hydrogen) atoms. The fraction of sp³-hybridized carbons (Fsp3) is 0.222. The molecule has 0 aliphatic heterocycles. The summed E-state index contributed by atoms with van der Waals surface area (Å²) in [6.07, 6.45) is 1.68. The number of nitrogens with one attached hydrogen (secondary N) is 1. The molecule has 74 valence electrons. The molecule has 1 N–H and O–H groups in total. The Morgan fingerprint density at radius 3 is 2.31 bits per heavy atom. The van der Waals surface area contributed by atoms with Crippen LogP contribution >= 0.6 is 24.2 Å². The second-order valence-corrected chi connectivity index (χ2v) is 2.59. The van der Waals surface area contributed by atoms with E-state index >= 15 is 0 Å². The number of allylic oxidation sites excluding steroid dienone is 2. The van der Waals surface area contributed by atoms with Gasteiger partial charge >= 0.3 is 0 Å². The molecule has 0 heterocycles.